The molecular formula is C13H17N3O2. The summed E-state index contributed by atoms with van der Waals surface area (Å²) in [7, 11) is 0. The largest absolute Gasteiger partial charge is 0.481 e. The Labute approximate surface area is 106 Å². The van der Waals surface area contributed by atoms with E-state index in [2.05, 4.69) is 10.3 Å². The van der Waals surface area contributed by atoms with Gasteiger partial charge in [0.15, 0.2) is 0 Å². The summed E-state index contributed by atoms with van der Waals surface area (Å²) < 4.78 is 0. The molecule has 0 bridgehead atoms. The van der Waals surface area contributed by atoms with Crippen LogP contribution in [0.1, 0.15) is 31.5 Å². The number of nitrogens with zero attached hydrogens (tertiary/aromatic N) is 2. The Balaban J connectivity index is 2.96. The van der Waals surface area contributed by atoms with Gasteiger partial charge in [0.1, 0.15) is 11.9 Å². The van der Waals surface area contributed by atoms with Crippen LogP contribution < -0.4 is 5.32 Å². The Hall–Kier alpha value is -2.09. The first-order chi connectivity index (χ1) is 8.43. The molecule has 5 nitrogen and oxygen atoms in total. The molecule has 0 saturated heterocycles. The quantitative estimate of drug-likeness (QED) is 0.832. The second-order valence-corrected chi connectivity index (χ2v) is 4.55. The number of aliphatic carboxylic acids is 1. The Bertz CT molecular complexity index is 478. The van der Waals surface area contributed by atoms with E-state index in [-0.39, 0.29) is 18.4 Å². The molecule has 0 spiro atoms. The lowest BCUT2D eigenvalue weighted by Crippen LogP contribution is -2.29. The summed E-state index contributed by atoms with van der Waals surface area (Å²) in [5.74, 6) is -0.278. The average Bonchev–Trinajstić information content (AvgIpc) is 2.27. The van der Waals surface area contributed by atoms with Crippen molar-refractivity contribution in [2.75, 3.05) is 5.32 Å². The Morgan fingerprint density at radius 3 is 2.72 bits per heavy atom. The molecule has 18 heavy (non-hydrogen) atoms. The third-order valence-corrected chi connectivity index (χ3v) is 2.68. The van der Waals surface area contributed by atoms with Crippen LogP contribution in [0.4, 0.5) is 5.82 Å². The maximum absolute atomic E-state index is 10.8. The highest BCUT2D eigenvalue weighted by Crippen LogP contribution is 2.17. The van der Waals surface area contributed by atoms with E-state index in [4.69, 9.17) is 10.4 Å². The fraction of sp³-hybridized carbons (Fsp3) is 0.462. The number of rotatable bonds is 5. The summed E-state index contributed by atoms with van der Waals surface area (Å²) >= 11 is 0. The molecule has 0 aliphatic heterocycles. The third-order valence-electron chi connectivity index (χ3n) is 2.68. The summed E-state index contributed by atoms with van der Waals surface area (Å²) in [4.78, 5) is 15.0. The molecule has 1 aromatic heterocycles. The van der Waals surface area contributed by atoms with Crippen LogP contribution in [0.3, 0.4) is 0 Å². The molecule has 0 aliphatic rings. The van der Waals surface area contributed by atoms with Gasteiger partial charge in [-0.25, -0.2) is 4.98 Å². The Morgan fingerprint density at radius 1 is 1.56 bits per heavy atom. The lowest BCUT2D eigenvalue weighted by Gasteiger charge is -2.21. The molecule has 1 unspecified atom stereocenters. The Morgan fingerprint density at radius 2 is 2.22 bits per heavy atom. The van der Waals surface area contributed by atoms with Crippen LogP contribution in [0.25, 0.3) is 0 Å². The molecule has 1 rings (SSSR count). The molecule has 1 heterocycles. The number of nitriles is 1. The number of hydrogen-bond donors (Lipinski definition) is 2. The molecule has 0 fully saturated rings. The predicted octanol–water partition coefficient (Wildman–Crippen LogP) is 2.17. The second kappa shape index (κ2) is 6.01. The summed E-state index contributed by atoms with van der Waals surface area (Å²) in [6.45, 7) is 5.69. The number of carboxylic acids is 1. The minimum atomic E-state index is -0.868. The Kier molecular flexibility index (Phi) is 4.67. The van der Waals surface area contributed by atoms with Crippen molar-refractivity contribution in [3.63, 3.8) is 0 Å². The fourth-order valence-corrected chi connectivity index (χ4v) is 1.57. The molecule has 0 saturated carbocycles. The summed E-state index contributed by atoms with van der Waals surface area (Å²) in [5, 5.41) is 20.9. The molecular weight excluding hydrogens is 230 g/mol. The van der Waals surface area contributed by atoms with Crippen molar-refractivity contribution in [2.45, 2.75) is 33.2 Å². The van der Waals surface area contributed by atoms with Crippen LogP contribution in [-0.4, -0.2) is 22.1 Å². The van der Waals surface area contributed by atoms with Gasteiger partial charge in [0.25, 0.3) is 0 Å². The van der Waals surface area contributed by atoms with Gasteiger partial charge in [-0.3, -0.25) is 4.79 Å². The van der Waals surface area contributed by atoms with Gasteiger partial charge in [0.2, 0.25) is 0 Å². The highest BCUT2D eigenvalue weighted by molar-refractivity contribution is 5.68. The molecule has 1 atom stereocenters. The van der Waals surface area contributed by atoms with Crippen molar-refractivity contribution in [2.24, 2.45) is 5.92 Å². The number of anilines is 1. The number of pyridine rings is 1. The fourth-order valence-electron chi connectivity index (χ4n) is 1.57. The number of aryl methyl sites for hydroxylation is 1. The zero-order valence-corrected chi connectivity index (χ0v) is 10.8. The van der Waals surface area contributed by atoms with Crippen molar-refractivity contribution >= 4 is 11.8 Å². The van der Waals surface area contributed by atoms with E-state index in [0.717, 1.165) is 5.69 Å². The summed E-state index contributed by atoms with van der Waals surface area (Å²) in [6, 6.07) is 5.24. The minimum absolute atomic E-state index is 0.00183. The van der Waals surface area contributed by atoms with Crippen LogP contribution in [0.5, 0.6) is 0 Å². The van der Waals surface area contributed by atoms with Gasteiger partial charge in [0.05, 0.1) is 12.0 Å². The van der Waals surface area contributed by atoms with Crippen molar-refractivity contribution in [1.29, 1.82) is 5.26 Å². The molecule has 1 aromatic rings. The van der Waals surface area contributed by atoms with E-state index in [9.17, 15) is 4.79 Å². The normalized spacial score (nSPS) is 11.9. The van der Waals surface area contributed by atoms with E-state index < -0.39 is 5.97 Å². The third kappa shape index (κ3) is 3.74. The second-order valence-electron chi connectivity index (χ2n) is 4.55. The van der Waals surface area contributed by atoms with Gasteiger partial charge in [-0.2, -0.15) is 5.26 Å². The first-order valence-electron chi connectivity index (χ1n) is 5.80. The number of hydrogen-bond acceptors (Lipinski definition) is 4. The van der Waals surface area contributed by atoms with E-state index in [1.807, 2.05) is 26.8 Å². The standard InChI is InChI=1S/C13H17N3O2/c1-8(2)11(6-12(17)18)16-13-10(7-14)5-4-9(3)15-13/h4-5,8,11H,6H2,1-3H3,(H,15,16)(H,17,18). The van der Waals surface area contributed by atoms with E-state index in [0.29, 0.717) is 11.4 Å². The summed E-state index contributed by atoms with van der Waals surface area (Å²) in [6.07, 6.45) is -0.00183. The number of carbonyl (C=O) groups is 1. The van der Waals surface area contributed by atoms with Gasteiger partial charge < -0.3 is 10.4 Å². The zero-order chi connectivity index (χ0) is 13.7. The van der Waals surface area contributed by atoms with Crippen LogP contribution in [0, 0.1) is 24.2 Å². The first-order valence-corrected chi connectivity index (χ1v) is 5.80. The van der Waals surface area contributed by atoms with E-state index in [1.54, 1.807) is 12.1 Å². The smallest absolute Gasteiger partial charge is 0.305 e. The molecule has 96 valence electrons. The highest BCUT2D eigenvalue weighted by Gasteiger charge is 2.18. The number of nitrogens with one attached hydrogen (secondary N) is 1. The molecule has 0 aromatic carbocycles. The van der Waals surface area contributed by atoms with Crippen LogP contribution >= 0.6 is 0 Å². The first kappa shape index (κ1) is 14.0. The van der Waals surface area contributed by atoms with E-state index >= 15 is 0 Å². The molecule has 2 N–H and O–H groups in total. The highest BCUT2D eigenvalue weighted by atomic mass is 16.4. The van der Waals surface area contributed by atoms with Crippen molar-refractivity contribution in [1.82, 2.24) is 4.98 Å². The molecule has 5 heteroatoms. The average molecular weight is 247 g/mol. The van der Waals surface area contributed by atoms with Gasteiger partial charge in [-0.05, 0) is 25.0 Å². The monoisotopic (exact) mass is 247 g/mol. The van der Waals surface area contributed by atoms with Gasteiger partial charge in [-0.15, -0.1) is 0 Å². The zero-order valence-electron chi connectivity index (χ0n) is 10.8. The molecule has 0 aliphatic carbocycles. The SMILES string of the molecule is Cc1ccc(C#N)c(NC(CC(=O)O)C(C)C)n1. The maximum Gasteiger partial charge on any atom is 0.305 e. The summed E-state index contributed by atoms with van der Waals surface area (Å²) in [5.41, 5.74) is 1.21. The minimum Gasteiger partial charge on any atom is -0.481 e. The topological polar surface area (TPSA) is 86.0 Å². The van der Waals surface area contributed by atoms with Gasteiger partial charge in [-0.1, -0.05) is 13.8 Å². The predicted molar refractivity (Wildman–Crippen MR) is 68.2 cm³/mol. The number of carboxylic acid groups (broad SMARTS) is 1. The van der Waals surface area contributed by atoms with Crippen molar-refractivity contribution in [3.05, 3.63) is 23.4 Å². The van der Waals surface area contributed by atoms with Crippen LogP contribution in [-0.2, 0) is 4.79 Å². The molecule has 0 radical (unpaired) electrons. The van der Waals surface area contributed by atoms with Gasteiger partial charge in [0, 0.05) is 11.7 Å². The number of aromatic nitrogens is 1. The van der Waals surface area contributed by atoms with Crippen LogP contribution in [0.2, 0.25) is 0 Å². The molecule has 0 amide bonds. The van der Waals surface area contributed by atoms with Gasteiger partial charge >= 0.3 is 5.97 Å². The van der Waals surface area contributed by atoms with Crippen molar-refractivity contribution in [3.8, 4) is 6.07 Å². The van der Waals surface area contributed by atoms with Crippen molar-refractivity contribution < 1.29 is 9.90 Å². The lowest BCUT2D eigenvalue weighted by molar-refractivity contribution is -0.137. The maximum atomic E-state index is 10.8. The lowest BCUT2D eigenvalue weighted by atomic mass is 10.0. The van der Waals surface area contributed by atoms with Crippen LogP contribution in [0.15, 0.2) is 12.1 Å². The van der Waals surface area contributed by atoms with E-state index in [1.165, 1.54) is 0 Å².